The molecule has 2 saturated heterocycles. The van der Waals surface area contributed by atoms with Crippen LogP contribution in [0.2, 0.25) is 0 Å². The average Bonchev–Trinajstić information content (AvgIpc) is 3.27. The number of hydrogen-bond donors (Lipinski definition) is 1. The van der Waals surface area contributed by atoms with E-state index in [1.165, 1.54) is 0 Å². The van der Waals surface area contributed by atoms with E-state index in [0.29, 0.717) is 13.1 Å². The number of amides is 2. The summed E-state index contributed by atoms with van der Waals surface area (Å²) in [6.07, 6.45) is 7.25. The second-order valence-electron chi connectivity index (χ2n) is 6.55. The second-order valence-corrected chi connectivity index (χ2v) is 7.62. The van der Waals surface area contributed by atoms with Gasteiger partial charge in [-0.15, -0.1) is 0 Å². The van der Waals surface area contributed by atoms with Gasteiger partial charge in [0, 0.05) is 38.8 Å². The summed E-state index contributed by atoms with van der Waals surface area (Å²) in [5.74, 6) is -0.177. The van der Waals surface area contributed by atoms with Gasteiger partial charge < -0.3 is 19.5 Å². The van der Waals surface area contributed by atoms with Crippen LogP contribution < -0.4 is 5.32 Å². The van der Waals surface area contributed by atoms with Crippen molar-refractivity contribution < 1.29 is 14.3 Å². The SMILES string of the molecule is CN1C[C@]23C=C[C@H](O2)[C@H](C(=O)NCCSc2nccn2C)[C@@H]3C1=O. The number of aromatic nitrogens is 2. The topological polar surface area (TPSA) is 76.5 Å². The summed E-state index contributed by atoms with van der Waals surface area (Å²) in [6, 6.07) is 0. The summed E-state index contributed by atoms with van der Waals surface area (Å²) < 4.78 is 7.93. The Morgan fingerprint density at radius 2 is 2.38 bits per heavy atom. The lowest BCUT2D eigenvalue weighted by atomic mass is 9.77. The molecule has 1 N–H and O–H groups in total. The Kier molecular flexibility index (Phi) is 3.69. The fourth-order valence-corrected chi connectivity index (χ4v) is 4.70. The zero-order valence-corrected chi connectivity index (χ0v) is 14.5. The Morgan fingerprint density at radius 3 is 3.12 bits per heavy atom. The van der Waals surface area contributed by atoms with E-state index < -0.39 is 11.5 Å². The van der Waals surface area contributed by atoms with E-state index in [0.717, 1.165) is 10.9 Å². The lowest BCUT2D eigenvalue weighted by molar-refractivity contribution is -0.136. The highest BCUT2D eigenvalue weighted by Gasteiger charge is 2.66. The Hall–Kier alpha value is -1.80. The molecule has 4 atom stereocenters. The maximum atomic E-state index is 12.6. The van der Waals surface area contributed by atoms with E-state index >= 15 is 0 Å². The van der Waals surface area contributed by atoms with Crippen LogP contribution in [0.15, 0.2) is 29.7 Å². The molecule has 0 saturated carbocycles. The van der Waals surface area contributed by atoms with Gasteiger partial charge in [-0.3, -0.25) is 9.59 Å². The fraction of sp³-hybridized carbons (Fsp3) is 0.562. The smallest absolute Gasteiger partial charge is 0.229 e. The quantitative estimate of drug-likeness (QED) is 0.462. The third kappa shape index (κ3) is 2.28. The lowest BCUT2D eigenvalue weighted by Crippen LogP contribution is -2.44. The molecule has 1 spiro atoms. The summed E-state index contributed by atoms with van der Waals surface area (Å²) >= 11 is 1.59. The number of ether oxygens (including phenoxy) is 1. The van der Waals surface area contributed by atoms with Crippen LogP contribution in [0.1, 0.15) is 0 Å². The van der Waals surface area contributed by atoms with Gasteiger partial charge in [-0.25, -0.2) is 4.98 Å². The molecule has 3 aliphatic rings. The van der Waals surface area contributed by atoms with Gasteiger partial charge in [0.2, 0.25) is 11.8 Å². The Balaban J connectivity index is 1.36. The molecule has 3 aliphatic heterocycles. The van der Waals surface area contributed by atoms with E-state index in [2.05, 4.69) is 10.3 Å². The molecule has 4 heterocycles. The van der Waals surface area contributed by atoms with Crippen LogP contribution in [0, 0.1) is 11.8 Å². The maximum Gasteiger partial charge on any atom is 0.229 e. The third-order valence-corrected chi connectivity index (χ3v) is 6.06. The van der Waals surface area contributed by atoms with Crippen molar-refractivity contribution in [2.24, 2.45) is 18.9 Å². The monoisotopic (exact) mass is 348 g/mol. The minimum Gasteiger partial charge on any atom is -0.360 e. The highest BCUT2D eigenvalue weighted by molar-refractivity contribution is 7.99. The standard InChI is InChI=1S/C16H20N4O3S/c1-19-7-5-18-15(19)24-8-6-17-13(21)11-10-3-4-16(23-10)9-20(2)14(22)12(11)16/h3-5,7,10-12H,6,8-9H2,1-2H3,(H,17,21)/t10-,11-,12+,16-/m0/s1. The van der Waals surface area contributed by atoms with Gasteiger partial charge in [-0.05, 0) is 0 Å². The highest BCUT2D eigenvalue weighted by atomic mass is 32.2. The van der Waals surface area contributed by atoms with Crippen LogP contribution in [0.25, 0.3) is 0 Å². The second kappa shape index (κ2) is 5.63. The molecule has 128 valence electrons. The molecule has 0 unspecified atom stereocenters. The van der Waals surface area contributed by atoms with Crippen LogP contribution in [0.3, 0.4) is 0 Å². The number of likely N-dealkylation sites (N-methyl/N-ethyl adjacent to an activating group) is 1. The van der Waals surface area contributed by atoms with Crippen molar-refractivity contribution in [2.45, 2.75) is 16.9 Å². The van der Waals surface area contributed by atoms with Crippen LogP contribution in [-0.2, 0) is 21.4 Å². The van der Waals surface area contributed by atoms with E-state index in [1.807, 2.05) is 30.0 Å². The molecule has 2 fully saturated rings. The molecule has 8 heteroatoms. The molecule has 2 amide bonds. The zero-order chi connectivity index (χ0) is 16.9. The number of hydrogen-bond acceptors (Lipinski definition) is 5. The molecule has 7 nitrogen and oxygen atoms in total. The highest BCUT2D eigenvalue weighted by Crippen LogP contribution is 2.51. The first-order chi connectivity index (χ1) is 11.5. The number of carbonyl (C=O) groups is 2. The van der Waals surface area contributed by atoms with Gasteiger partial charge in [-0.1, -0.05) is 23.9 Å². The van der Waals surface area contributed by atoms with Crippen LogP contribution in [0.4, 0.5) is 0 Å². The van der Waals surface area contributed by atoms with Gasteiger partial charge in [0.25, 0.3) is 0 Å². The first-order valence-electron chi connectivity index (χ1n) is 8.02. The van der Waals surface area contributed by atoms with Crippen LogP contribution >= 0.6 is 11.8 Å². The third-order valence-electron chi connectivity index (χ3n) is 5.00. The van der Waals surface area contributed by atoms with Crippen molar-refractivity contribution in [3.8, 4) is 0 Å². The van der Waals surface area contributed by atoms with E-state index in [4.69, 9.17) is 4.74 Å². The number of thioether (sulfide) groups is 1. The average molecular weight is 348 g/mol. The number of carbonyl (C=O) groups excluding carboxylic acids is 2. The number of imidazole rings is 1. The van der Waals surface area contributed by atoms with Crippen molar-refractivity contribution >= 4 is 23.6 Å². The van der Waals surface area contributed by atoms with E-state index in [1.54, 1.807) is 29.9 Å². The Morgan fingerprint density at radius 1 is 1.54 bits per heavy atom. The number of fused-ring (bicyclic) bond motifs is 1. The number of nitrogens with zero attached hydrogens (tertiary/aromatic N) is 3. The first kappa shape index (κ1) is 15.7. The van der Waals surface area contributed by atoms with Gasteiger partial charge in [0.1, 0.15) is 5.60 Å². The number of likely N-dealkylation sites (tertiary alicyclic amines) is 1. The molecular formula is C16H20N4O3S. The number of rotatable bonds is 5. The predicted molar refractivity (Wildman–Crippen MR) is 88.3 cm³/mol. The van der Waals surface area contributed by atoms with Crippen LogP contribution in [0.5, 0.6) is 0 Å². The minimum absolute atomic E-state index is 0.00406. The summed E-state index contributed by atoms with van der Waals surface area (Å²) in [5.41, 5.74) is -0.597. The minimum atomic E-state index is -0.597. The molecule has 0 aromatic carbocycles. The van der Waals surface area contributed by atoms with Gasteiger partial charge in [-0.2, -0.15) is 0 Å². The van der Waals surface area contributed by atoms with Gasteiger partial charge in [0.15, 0.2) is 5.16 Å². The fourth-order valence-electron chi connectivity index (χ4n) is 3.92. The molecular weight excluding hydrogens is 328 g/mol. The zero-order valence-electron chi connectivity index (χ0n) is 13.6. The summed E-state index contributed by atoms with van der Waals surface area (Å²) in [7, 11) is 3.70. The van der Waals surface area contributed by atoms with Crippen molar-refractivity contribution in [3.05, 3.63) is 24.5 Å². The van der Waals surface area contributed by atoms with E-state index in [9.17, 15) is 9.59 Å². The summed E-state index contributed by atoms with van der Waals surface area (Å²) in [4.78, 5) is 31.0. The lowest BCUT2D eigenvalue weighted by Gasteiger charge is -2.23. The van der Waals surface area contributed by atoms with Gasteiger partial charge >= 0.3 is 0 Å². The molecule has 1 aromatic rings. The molecule has 4 rings (SSSR count). The summed E-state index contributed by atoms with van der Waals surface area (Å²) in [5, 5.41) is 3.87. The van der Waals surface area contributed by atoms with Crippen molar-refractivity contribution in [1.29, 1.82) is 0 Å². The molecule has 1 aromatic heterocycles. The largest absolute Gasteiger partial charge is 0.360 e. The normalized spacial score (nSPS) is 33.3. The molecule has 0 radical (unpaired) electrons. The molecule has 2 bridgehead atoms. The van der Waals surface area contributed by atoms with Crippen molar-refractivity contribution in [1.82, 2.24) is 19.8 Å². The summed E-state index contributed by atoms with van der Waals surface area (Å²) in [6.45, 7) is 1.06. The Labute approximate surface area is 144 Å². The van der Waals surface area contributed by atoms with Crippen molar-refractivity contribution in [3.63, 3.8) is 0 Å². The molecule has 0 aliphatic carbocycles. The predicted octanol–water partition coefficient (Wildman–Crippen LogP) is 0.0402. The Bertz CT molecular complexity index is 718. The van der Waals surface area contributed by atoms with Crippen molar-refractivity contribution in [2.75, 3.05) is 25.9 Å². The van der Waals surface area contributed by atoms with E-state index in [-0.39, 0.29) is 23.8 Å². The van der Waals surface area contributed by atoms with Gasteiger partial charge in [0.05, 0.1) is 24.5 Å². The number of aryl methyl sites for hydroxylation is 1. The first-order valence-corrected chi connectivity index (χ1v) is 9.00. The number of nitrogens with one attached hydrogen (secondary N) is 1. The molecule has 24 heavy (non-hydrogen) atoms. The van der Waals surface area contributed by atoms with Crippen LogP contribution in [-0.4, -0.2) is 63.9 Å². The maximum absolute atomic E-state index is 12.6.